The molecule has 1 atom stereocenters. The van der Waals surface area contributed by atoms with Crippen LogP contribution in [0.4, 0.5) is 11.6 Å². The van der Waals surface area contributed by atoms with Gasteiger partial charge in [0, 0.05) is 18.4 Å². The molecule has 2 rings (SSSR count). The summed E-state index contributed by atoms with van der Waals surface area (Å²) in [5, 5.41) is 7.40. The number of halogens is 1. The first-order valence-corrected chi connectivity index (χ1v) is 5.96. The zero-order chi connectivity index (χ0) is 12.3. The molecule has 0 aromatic carbocycles. The first-order chi connectivity index (χ1) is 8.16. The predicted octanol–water partition coefficient (Wildman–Crippen LogP) is 1.52. The van der Waals surface area contributed by atoms with Gasteiger partial charge in [0.25, 0.3) is 0 Å². The van der Waals surface area contributed by atoms with Gasteiger partial charge in [-0.1, -0.05) is 0 Å². The summed E-state index contributed by atoms with van der Waals surface area (Å²) in [6.07, 6.45) is 5.11. The van der Waals surface area contributed by atoms with Crippen LogP contribution in [-0.4, -0.2) is 25.8 Å². The van der Waals surface area contributed by atoms with E-state index in [1.807, 2.05) is 23.9 Å². The first-order valence-electron chi connectivity index (χ1n) is 5.16. The number of nitrogens with one attached hydrogen (secondary N) is 1. The Morgan fingerprint density at radius 1 is 1.53 bits per heavy atom. The zero-order valence-electron chi connectivity index (χ0n) is 9.34. The van der Waals surface area contributed by atoms with E-state index in [4.69, 9.17) is 5.73 Å². The van der Waals surface area contributed by atoms with E-state index in [0.717, 1.165) is 6.54 Å². The summed E-state index contributed by atoms with van der Waals surface area (Å²) < 4.78 is 2.54. The molecule has 3 N–H and O–H groups in total. The molecule has 0 aliphatic rings. The lowest BCUT2D eigenvalue weighted by Gasteiger charge is -2.15. The SMILES string of the molecule is CC(Cn1cccn1)Nc1ncnc(N)c1Br. The number of nitrogens with two attached hydrogens (primary N) is 1. The fourth-order valence-electron chi connectivity index (χ4n) is 1.45. The summed E-state index contributed by atoms with van der Waals surface area (Å²) in [4.78, 5) is 8.01. The number of aromatic nitrogens is 4. The highest BCUT2D eigenvalue weighted by molar-refractivity contribution is 9.10. The Labute approximate surface area is 107 Å². The lowest BCUT2D eigenvalue weighted by molar-refractivity contribution is 0.559. The molecule has 0 fully saturated rings. The first kappa shape index (κ1) is 11.8. The van der Waals surface area contributed by atoms with E-state index in [1.165, 1.54) is 6.33 Å². The van der Waals surface area contributed by atoms with Crippen LogP contribution in [0.5, 0.6) is 0 Å². The van der Waals surface area contributed by atoms with Crippen LogP contribution in [-0.2, 0) is 6.54 Å². The summed E-state index contributed by atoms with van der Waals surface area (Å²) >= 11 is 3.35. The zero-order valence-corrected chi connectivity index (χ0v) is 10.9. The van der Waals surface area contributed by atoms with Crippen LogP contribution < -0.4 is 11.1 Å². The van der Waals surface area contributed by atoms with Crippen molar-refractivity contribution in [3.63, 3.8) is 0 Å². The number of nitrogens with zero attached hydrogens (tertiary/aromatic N) is 4. The van der Waals surface area contributed by atoms with E-state index in [1.54, 1.807) is 6.20 Å². The van der Waals surface area contributed by atoms with E-state index in [2.05, 4.69) is 36.3 Å². The third-order valence-electron chi connectivity index (χ3n) is 2.22. The fraction of sp³-hybridized carbons (Fsp3) is 0.300. The van der Waals surface area contributed by atoms with Crippen LogP contribution in [0.1, 0.15) is 6.92 Å². The standard InChI is InChI=1S/C10H13BrN6/c1-7(5-17-4-2-3-15-17)16-10-8(11)9(12)13-6-14-10/h2-4,6-7H,5H2,1H3,(H3,12,13,14,16). The summed E-state index contributed by atoms with van der Waals surface area (Å²) in [7, 11) is 0. The van der Waals surface area contributed by atoms with E-state index in [0.29, 0.717) is 16.1 Å². The molecule has 0 saturated carbocycles. The molecule has 7 heteroatoms. The average Bonchev–Trinajstić information content (AvgIpc) is 2.77. The summed E-state index contributed by atoms with van der Waals surface area (Å²) in [6, 6.07) is 2.08. The molecule has 1 unspecified atom stereocenters. The van der Waals surface area contributed by atoms with Crippen molar-refractivity contribution in [2.75, 3.05) is 11.1 Å². The highest BCUT2D eigenvalue weighted by Crippen LogP contribution is 2.24. The minimum Gasteiger partial charge on any atom is -0.383 e. The summed E-state index contributed by atoms with van der Waals surface area (Å²) in [5.74, 6) is 1.12. The highest BCUT2D eigenvalue weighted by atomic mass is 79.9. The molecule has 0 bridgehead atoms. The molecule has 2 aromatic heterocycles. The third-order valence-corrected chi connectivity index (χ3v) is 3.00. The molecule has 6 nitrogen and oxygen atoms in total. The normalized spacial score (nSPS) is 12.4. The molecular formula is C10H13BrN6. The molecule has 0 aliphatic carbocycles. The van der Waals surface area contributed by atoms with Crippen molar-refractivity contribution < 1.29 is 0 Å². The Hall–Kier alpha value is -1.63. The van der Waals surface area contributed by atoms with Crippen LogP contribution in [0, 0.1) is 0 Å². The van der Waals surface area contributed by atoms with Gasteiger partial charge in [0.2, 0.25) is 0 Å². The summed E-state index contributed by atoms with van der Waals surface area (Å²) in [5.41, 5.74) is 5.68. The lowest BCUT2D eigenvalue weighted by atomic mass is 10.3. The minimum atomic E-state index is 0.181. The second kappa shape index (κ2) is 5.13. The highest BCUT2D eigenvalue weighted by Gasteiger charge is 2.09. The average molecular weight is 297 g/mol. The van der Waals surface area contributed by atoms with Crippen molar-refractivity contribution in [2.45, 2.75) is 19.5 Å². The molecule has 2 aromatic rings. The van der Waals surface area contributed by atoms with E-state index in [-0.39, 0.29) is 6.04 Å². The Bertz CT molecular complexity index is 484. The molecule has 0 saturated heterocycles. The van der Waals surface area contributed by atoms with Crippen LogP contribution in [0.2, 0.25) is 0 Å². The second-order valence-electron chi connectivity index (χ2n) is 3.69. The largest absolute Gasteiger partial charge is 0.383 e. The maximum atomic E-state index is 5.68. The fourth-order valence-corrected chi connectivity index (χ4v) is 1.77. The van der Waals surface area contributed by atoms with Gasteiger partial charge in [-0.2, -0.15) is 5.10 Å². The van der Waals surface area contributed by atoms with Gasteiger partial charge in [-0.15, -0.1) is 0 Å². The molecule has 0 amide bonds. The van der Waals surface area contributed by atoms with Crippen LogP contribution >= 0.6 is 15.9 Å². The number of nitrogen functional groups attached to an aromatic ring is 1. The van der Waals surface area contributed by atoms with Gasteiger partial charge in [-0.05, 0) is 28.9 Å². The Morgan fingerprint density at radius 3 is 3.06 bits per heavy atom. The second-order valence-corrected chi connectivity index (χ2v) is 4.49. The van der Waals surface area contributed by atoms with Gasteiger partial charge in [-0.25, -0.2) is 9.97 Å². The monoisotopic (exact) mass is 296 g/mol. The van der Waals surface area contributed by atoms with Crippen molar-refractivity contribution in [3.05, 3.63) is 29.3 Å². The maximum absolute atomic E-state index is 5.68. The van der Waals surface area contributed by atoms with Crippen molar-refractivity contribution in [2.24, 2.45) is 0 Å². The van der Waals surface area contributed by atoms with Gasteiger partial charge in [0.1, 0.15) is 22.4 Å². The Kier molecular flexibility index (Phi) is 3.58. The van der Waals surface area contributed by atoms with Gasteiger partial charge < -0.3 is 11.1 Å². The molecule has 17 heavy (non-hydrogen) atoms. The van der Waals surface area contributed by atoms with E-state index >= 15 is 0 Å². The predicted molar refractivity (Wildman–Crippen MR) is 69.5 cm³/mol. The van der Waals surface area contributed by atoms with Crippen LogP contribution in [0.15, 0.2) is 29.3 Å². The molecule has 0 spiro atoms. The van der Waals surface area contributed by atoms with Gasteiger partial charge in [-0.3, -0.25) is 4.68 Å². The molecule has 0 aliphatic heterocycles. The lowest BCUT2D eigenvalue weighted by Crippen LogP contribution is -2.23. The van der Waals surface area contributed by atoms with Gasteiger partial charge in [0.15, 0.2) is 0 Å². The Balaban J connectivity index is 2.03. The number of hydrogen-bond donors (Lipinski definition) is 2. The third kappa shape index (κ3) is 2.94. The van der Waals surface area contributed by atoms with Crippen molar-refractivity contribution >= 4 is 27.6 Å². The molecule has 2 heterocycles. The van der Waals surface area contributed by atoms with Crippen LogP contribution in [0.25, 0.3) is 0 Å². The van der Waals surface area contributed by atoms with Crippen molar-refractivity contribution in [1.29, 1.82) is 0 Å². The van der Waals surface area contributed by atoms with Gasteiger partial charge >= 0.3 is 0 Å². The summed E-state index contributed by atoms with van der Waals surface area (Å²) in [6.45, 7) is 2.80. The van der Waals surface area contributed by atoms with E-state index in [9.17, 15) is 0 Å². The maximum Gasteiger partial charge on any atom is 0.146 e. The smallest absolute Gasteiger partial charge is 0.146 e. The molecular weight excluding hydrogens is 284 g/mol. The van der Waals surface area contributed by atoms with Crippen molar-refractivity contribution in [3.8, 4) is 0 Å². The number of rotatable bonds is 4. The van der Waals surface area contributed by atoms with Crippen molar-refractivity contribution in [1.82, 2.24) is 19.7 Å². The molecule has 90 valence electrons. The van der Waals surface area contributed by atoms with Crippen LogP contribution in [0.3, 0.4) is 0 Å². The Morgan fingerprint density at radius 2 is 2.35 bits per heavy atom. The quantitative estimate of drug-likeness (QED) is 0.894. The van der Waals surface area contributed by atoms with Gasteiger partial charge in [0.05, 0.1) is 6.54 Å². The molecule has 0 radical (unpaired) electrons. The number of anilines is 2. The van der Waals surface area contributed by atoms with E-state index < -0.39 is 0 Å². The topological polar surface area (TPSA) is 81.7 Å². The minimum absolute atomic E-state index is 0.181. The number of hydrogen-bond acceptors (Lipinski definition) is 5.